The molecule has 0 saturated carbocycles. The lowest BCUT2D eigenvalue weighted by Gasteiger charge is -2.27. The van der Waals surface area contributed by atoms with Crippen molar-refractivity contribution in [1.29, 1.82) is 0 Å². The van der Waals surface area contributed by atoms with Gasteiger partial charge in [-0.25, -0.2) is 9.78 Å². The van der Waals surface area contributed by atoms with Crippen LogP contribution in [0.5, 0.6) is 0 Å². The molecule has 3 N–H and O–H groups in total. The highest BCUT2D eigenvalue weighted by molar-refractivity contribution is 7.09. The van der Waals surface area contributed by atoms with Gasteiger partial charge in [0.05, 0.1) is 5.54 Å². The number of nitrogens with one attached hydrogen (secondary N) is 3. The Morgan fingerprint density at radius 2 is 2.04 bits per heavy atom. The topological polar surface area (TPSA) is 83.1 Å². The Labute approximate surface area is 145 Å². The lowest BCUT2D eigenvalue weighted by atomic mass is 10.0. The number of rotatable bonds is 5. The normalized spacial score (nSPS) is 13.0. The maximum atomic E-state index is 12.4. The van der Waals surface area contributed by atoms with Crippen LogP contribution in [0.25, 0.3) is 0 Å². The van der Waals surface area contributed by atoms with E-state index in [-0.39, 0.29) is 11.9 Å². The quantitative estimate of drug-likeness (QED) is 0.769. The van der Waals surface area contributed by atoms with Gasteiger partial charge in [-0.1, -0.05) is 13.0 Å². The van der Waals surface area contributed by atoms with E-state index in [9.17, 15) is 9.59 Å². The molecule has 1 heterocycles. The van der Waals surface area contributed by atoms with Crippen molar-refractivity contribution in [2.24, 2.45) is 0 Å². The zero-order valence-corrected chi connectivity index (χ0v) is 15.1. The number of aryl methyl sites for hydroxylation is 1. The average Bonchev–Trinajstić information content (AvgIpc) is 3.05. The van der Waals surface area contributed by atoms with Crippen LogP contribution in [0, 0.1) is 6.92 Å². The van der Waals surface area contributed by atoms with E-state index in [4.69, 9.17) is 0 Å². The Bertz CT molecular complexity index is 730. The van der Waals surface area contributed by atoms with Crippen LogP contribution in [0.2, 0.25) is 0 Å². The van der Waals surface area contributed by atoms with Crippen LogP contribution in [0.3, 0.4) is 0 Å². The molecule has 7 heteroatoms. The van der Waals surface area contributed by atoms with Crippen LogP contribution in [0.15, 0.2) is 29.8 Å². The standard InChI is InChI=1S/C17H22N4O2S/c1-5-17(4,15-18-8-9-24-15)21-16(23)20-14-10-13(19-12(3)22)7-6-11(14)2/h6-10H,5H2,1-4H3,(H,19,22)(H2,20,21,23). The molecule has 0 saturated heterocycles. The molecule has 6 nitrogen and oxygen atoms in total. The predicted octanol–water partition coefficient (Wildman–Crippen LogP) is 3.86. The van der Waals surface area contributed by atoms with Gasteiger partial charge in [-0.15, -0.1) is 11.3 Å². The molecule has 0 bridgehead atoms. The molecule has 0 fully saturated rings. The lowest BCUT2D eigenvalue weighted by Crippen LogP contribution is -2.45. The first-order valence-electron chi connectivity index (χ1n) is 7.71. The molecule has 1 aromatic carbocycles. The molecule has 0 spiro atoms. The minimum atomic E-state index is -0.526. The van der Waals surface area contributed by atoms with Gasteiger partial charge in [0.15, 0.2) is 0 Å². The number of carbonyl (C=O) groups is 2. The number of urea groups is 1. The first-order valence-corrected chi connectivity index (χ1v) is 8.59. The first kappa shape index (κ1) is 17.9. The van der Waals surface area contributed by atoms with Gasteiger partial charge < -0.3 is 16.0 Å². The van der Waals surface area contributed by atoms with E-state index >= 15 is 0 Å². The summed E-state index contributed by atoms with van der Waals surface area (Å²) in [7, 11) is 0. The van der Waals surface area contributed by atoms with Gasteiger partial charge in [0, 0.05) is 29.9 Å². The highest BCUT2D eigenvalue weighted by Crippen LogP contribution is 2.27. The first-order chi connectivity index (χ1) is 11.3. The fourth-order valence-electron chi connectivity index (χ4n) is 2.23. The molecule has 0 aliphatic heterocycles. The van der Waals surface area contributed by atoms with Gasteiger partial charge in [-0.05, 0) is 38.0 Å². The molecule has 0 aliphatic rings. The van der Waals surface area contributed by atoms with Crippen molar-refractivity contribution in [3.8, 4) is 0 Å². The minimum Gasteiger partial charge on any atom is -0.326 e. The maximum absolute atomic E-state index is 12.4. The van der Waals surface area contributed by atoms with Crippen molar-refractivity contribution >= 4 is 34.6 Å². The van der Waals surface area contributed by atoms with Gasteiger partial charge in [0.1, 0.15) is 5.01 Å². The van der Waals surface area contributed by atoms with Gasteiger partial charge in [0.25, 0.3) is 0 Å². The van der Waals surface area contributed by atoms with Crippen molar-refractivity contribution in [3.05, 3.63) is 40.3 Å². The molecular weight excluding hydrogens is 324 g/mol. The van der Waals surface area contributed by atoms with Gasteiger partial charge in [-0.3, -0.25) is 4.79 Å². The summed E-state index contributed by atoms with van der Waals surface area (Å²) in [5.41, 5.74) is 1.67. The predicted molar refractivity (Wildman–Crippen MR) is 97.4 cm³/mol. The molecule has 128 valence electrons. The molecule has 2 aromatic rings. The molecule has 1 unspecified atom stereocenters. The zero-order valence-electron chi connectivity index (χ0n) is 14.3. The summed E-state index contributed by atoms with van der Waals surface area (Å²) in [5.74, 6) is -0.156. The number of hydrogen-bond acceptors (Lipinski definition) is 4. The Kier molecular flexibility index (Phi) is 5.56. The third-order valence-electron chi connectivity index (χ3n) is 3.81. The van der Waals surface area contributed by atoms with Crippen molar-refractivity contribution in [2.75, 3.05) is 10.6 Å². The van der Waals surface area contributed by atoms with Crippen LogP contribution in [0.1, 0.15) is 37.8 Å². The number of nitrogens with zero attached hydrogens (tertiary/aromatic N) is 1. The summed E-state index contributed by atoms with van der Waals surface area (Å²) in [5, 5.41) is 11.3. The lowest BCUT2D eigenvalue weighted by molar-refractivity contribution is -0.114. The number of thiazole rings is 1. The molecule has 24 heavy (non-hydrogen) atoms. The molecule has 0 radical (unpaired) electrons. The third-order valence-corrected chi connectivity index (χ3v) is 4.84. The Morgan fingerprint density at radius 3 is 2.62 bits per heavy atom. The summed E-state index contributed by atoms with van der Waals surface area (Å²) < 4.78 is 0. The Morgan fingerprint density at radius 1 is 1.29 bits per heavy atom. The van der Waals surface area contributed by atoms with Crippen molar-refractivity contribution in [1.82, 2.24) is 10.3 Å². The van der Waals surface area contributed by atoms with Gasteiger partial charge in [-0.2, -0.15) is 0 Å². The van der Waals surface area contributed by atoms with Crippen LogP contribution in [-0.4, -0.2) is 16.9 Å². The Balaban J connectivity index is 2.13. The van der Waals surface area contributed by atoms with Crippen molar-refractivity contribution in [2.45, 2.75) is 39.7 Å². The number of anilines is 2. The van der Waals surface area contributed by atoms with E-state index < -0.39 is 5.54 Å². The highest BCUT2D eigenvalue weighted by atomic mass is 32.1. The highest BCUT2D eigenvalue weighted by Gasteiger charge is 2.29. The van der Waals surface area contributed by atoms with Gasteiger partial charge in [0.2, 0.25) is 5.91 Å². The summed E-state index contributed by atoms with van der Waals surface area (Å²) in [6.45, 7) is 7.30. The molecular formula is C17H22N4O2S. The molecule has 2 rings (SSSR count). The smallest absolute Gasteiger partial charge is 0.320 e. The van der Waals surface area contributed by atoms with Gasteiger partial charge >= 0.3 is 6.03 Å². The second-order valence-electron chi connectivity index (χ2n) is 5.81. The molecule has 1 aromatic heterocycles. The number of benzene rings is 1. The largest absolute Gasteiger partial charge is 0.326 e. The molecule has 0 aliphatic carbocycles. The van der Waals surface area contributed by atoms with E-state index in [1.165, 1.54) is 18.3 Å². The third kappa shape index (κ3) is 4.32. The van der Waals surface area contributed by atoms with Crippen LogP contribution in [0.4, 0.5) is 16.2 Å². The average molecular weight is 346 g/mol. The SMILES string of the molecule is CCC(C)(NC(=O)Nc1cc(NC(C)=O)ccc1C)c1nccs1. The fraction of sp³-hybridized carbons (Fsp3) is 0.353. The minimum absolute atomic E-state index is 0.156. The van der Waals surface area contributed by atoms with E-state index in [2.05, 4.69) is 20.9 Å². The van der Waals surface area contributed by atoms with Crippen LogP contribution in [-0.2, 0) is 10.3 Å². The summed E-state index contributed by atoms with van der Waals surface area (Å²) in [6.07, 6.45) is 2.45. The number of carbonyl (C=O) groups excluding carboxylic acids is 2. The van der Waals surface area contributed by atoms with Crippen LogP contribution < -0.4 is 16.0 Å². The van der Waals surface area contributed by atoms with E-state index in [1.807, 2.05) is 32.2 Å². The number of aromatic nitrogens is 1. The van der Waals surface area contributed by atoms with Crippen LogP contribution >= 0.6 is 11.3 Å². The van der Waals surface area contributed by atoms with E-state index in [1.54, 1.807) is 18.3 Å². The maximum Gasteiger partial charge on any atom is 0.320 e. The number of hydrogen-bond donors (Lipinski definition) is 3. The van der Waals surface area contributed by atoms with Crippen molar-refractivity contribution < 1.29 is 9.59 Å². The second-order valence-corrected chi connectivity index (χ2v) is 6.71. The monoisotopic (exact) mass is 346 g/mol. The number of amides is 3. The van der Waals surface area contributed by atoms with E-state index in [0.29, 0.717) is 11.4 Å². The fourth-order valence-corrected chi connectivity index (χ4v) is 3.06. The Hall–Kier alpha value is -2.41. The summed E-state index contributed by atoms with van der Waals surface area (Å²) in [4.78, 5) is 27.9. The van der Waals surface area contributed by atoms with E-state index in [0.717, 1.165) is 17.0 Å². The molecule has 3 amide bonds. The zero-order chi connectivity index (χ0) is 17.7. The second kappa shape index (κ2) is 7.44. The molecule has 1 atom stereocenters. The summed E-state index contributed by atoms with van der Waals surface area (Å²) in [6, 6.07) is 5.08. The summed E-state index contributed by atoms with van der Waals surface area (Å²) >= 11 is 1.51. The van der Waals surface area contributed by atoms with Crippen molar-refractivity contribution in [3.63, 3.8) is 0 Å².